The van der Waals surface area contributed by atoms with Gasteiger partial charge in [-0.2, -0.15) is 4.98 Å². The summed E-state index contributed by atoms with van der Waals surface area (Å²) in [5, 5.41) is 17.4. The van der Waals surface area contributed by atoms with Gasteiger partial charge in [-0.15, -0.1) is 0 Å². The summed E-state index contributed by atoms with van der Waals surface area (Å²) in [6, 6.07) is 4.67. The minimum absolute atomic E-state index is 0.103. The predicted octanol–water partition coefficient (Wildman–Crippen LogP) is 1.48. The van der Waals surface area contributed by atoms with Gasteiger partial charge in [-0.1, -0.05) is 11.2 Å². The van der Waals surface area contributed by atoms with Gasteiger partial charge >= 0.3 is 5.69 Å². The fourth-order valence-corrected chi connectivity index (χ4v) is 1.49. The summed E-state index contributed by atoms with van der Waals surface area (Å²) < 4.78 is 4.89. The van der Waals surface area contributed by atoms with Crippen LogP contribution in [0.5, 0.6) is 0 Å². The normalized spacial score (nSPS) is 10.3. The van der Waals surface area contributed by atoms with Gasteiger partial charge in [-0.05, 0) is 19.1 Å². The number of nitro groups is 1. The van der Waals surface area contributed by atoms with Gasteiger partial charge in [0.2, 0.25) is 5.89 Å². The molecular weight excluding hydrogens is 238 g/mol. The van der Waals surface area contributed by atoms with E-state index in [2.05, 4.69) is 15.5 Å². The first-order valence-electron chi connectivity index (χ1n) is 5.14. The second-order valence-corrected chi connectivity index (χ2v) is 3.59. The van der Waals surface area contributed by atoms with E-state index in [1.165, 1.54) is 6.07 Å². The molecular formula is C10H11N5O3. The molecule has 0 aliphatic heterocycles. The third-order valence-corrected chi connectivity index (χ3v) is 2.25. The molecule has 0 aliphatic rings. The number of anilines is 2. The van der Waals surface area contributed by atoms with Crippen molar-refractivity contribution < 1.29 is 9.45 Å². The number of aryl methyl sites for hydroxylation is 1. The maximum Gasteiger partial charge on any atom is 0.314 e. The lowest BCUT2D eigenvalue weighted by molar-refractivity contribution is -0.383. The summed E-state index contributed by atoms with van der Waals surface area (Å²) in [6.07, 6.45) is 0. The SMILES string of the molecule is Cc1noc(CNc2cccc(N)c2[N+](=O)[O-])n1. The number of hydrogen-bond acceptors (Lipinski definition) is 7. The van der Waals surface area contributed by atoms with Crippen molar-refractivity contribution in [3.05, 3.63) is 40.0 Å². The highest BCUT2D eigenvalue weighted by Crippen LogP contribution is 2.30. The summed E-state index contributed by atoms with van der Waals surface area (Å²) in [5.74, 6) is 0.859. The molecule has 0 unspecified atom stereocenters. The van der Waals surface area contributed by atoms with Crippen LogP contribution in [0.3, 0.4) is 0 Å². The molecule has 1 aromatic heterocycles. The van der Waals surface area contributed by atoms with Crippen molar-refractivity contribution >= 4 is 17.1 Å². The van der Waals surface area contributed by atoms with Crippen LogP contribution >= 0.6 is 0 Å². The van der Waals surface area contributed by atoms with Gasteiger partial charge in [0.15, 0.2) is 5.82 Å². The average molecular weight is 249 g/mol. The van der Waals surface area contributed by atoms with Crippen LogP contribution in [0.15, 0.2) is 22.7 Å². The zero-order valence-electron chi connectivity index (χ0n) is 9.58. The van der Waals surface area contributed by atoms with Crippen molar-refractivity contribution in [1.82, 2.24) is 10.1 Å². The van der Waals surface area contributed by atoms with Gasteiger partial charge in [0, 0.05) is 0 Å². The van der Waals surface area contributed by atoms with E-state index in [0.717, 1.165) is 0 Å². The Labute approximate surface area is 102 Å². The summed E-state index contributed by atoms with van der Waals surface area (Å²) in [7, 11) is 0. The maximum absolute atomic E-state index is 10.9. The number of nitrogens with zero attached hydrogens (tertiary/aromatic N) is 3. The molecule has 94 valence electrons. The number of aromatic nitrogens is 2. The molecule has 0 saturated heterocycles. The Morgan fingerprint density at radius 1 is 1.56 bits per heavy atom. The van der Waals surface area contributed by atoms with Gasteiger partial charge in [0.1, 0.15) is 11.4 Å². The van der Waals surface area contributed by atoms with E-state index in [1.54, 1.807) is 19.1 Å². The Bertz CT molecular complexity index is 581. The first-order valence-corrected chi connectivity index (χ1v) is 5.14. The number of nitro benzene ring substituents is 1. The minimum atomic E-state index is -0.531. The zero-order valence-corrected chi connectivity index (χ0v) is 9.58. The smallest absolute Gasteiger partial charge is 0.314 e. The lowest BCUT2D eigenvalue weighted by atomic mass is 10.2. The first-order chi connectivity index (χ1) is 8.58. The molecule has 0 saturated carbocycles. The van der Waals surface area contributed by atoms with E-state index in [1.807, 2.05) is 0 Å². The Morgan fingerprint density at radius 3 is 2.94 bits per heavy atom. The quantitative estimate of drug-likeness (QED) is 0.478. The number of nitrogens with two attached hydrogens (primary N) is 1. The molecule has 0 bridgehead atoms. The number of benzene rings is 1. The second kappa shape index (κ2) is 4.70. The molecule has 0 radical (unpaired) electrons. The molecule has 0 atom stereocenters. The number of para-hydroxylation sites is 1. The van der Waals surface area contributed by atoms with Crippen molar-refractivity contribution in [1.29, 1.82) is 0 Å². The molecule has 8 heteroatoms. The molecule has 2 rings (SSSR count). The molecule has 2 aromatic rings. The van der Waals surface area contributed by atoms with Gasteiger partial charge in [-0.25, -0.2) is 0 Å². The van der Waals surface area contributed by atoms with Crippen molar-refractivity contribution in [3.8, 4) is 0 Å². The van der Waals surface area contributed by atoms with E-state index in [0.29, 0.717) is 17.4 Å². The van der Waals surface area contributed by atoms with Crippen molar-refractivity contribution in [2.45, 2.75) is 13.5 Å². The van der Waals surface area contributed by atoms with Crippen LogP contribution in [0, 0.1) is 17.0 Å². The van der Waals surface area contributed by atoms with E-state index < -0.39 is 4.92 Å². The van der Waals surface area contributed by atoms with Crippen LogP contribution in [-0.2, 0) is 6.54 Å². The first kappa shape index (κ1) is 11.8. The maximum atomic E-state index is 10.9. The van der Waals surface area contributed by atoms with Crippen LogP contribution < -0.4 is 11.1 Å². The Kier molecular flexibility index (Phi) is 3.09. The van der Waals surface area contributed by atoms with Crippen LogP contribution in [0.2, 0.25) is 0 Å². The minimum Gasteiger partial charge on any atom is -0.393 e. The highest BCUT2D eigenvalue weighted by Gasteiger charge is 2.17. The number of nitrogen functional groups attached to an aromatic ring is 1. The summed E-state index contributed by atoms with van der Waals surface area (Å²) in [6.45, 7) is 1.89. The van der Waals surface area contributed by atoms with Gasteiger partial charge in [-0.3, -0.25) is 10.1 Å². The highest BCUT2D eigenvalue weighted by atomic mass is 16.6. The fourth-order valence-electron chi connectivity index (χ4n) is 1.49. The predicted molar refractivity (Wildman–Crippen MR) is 63.9 cm³/mol. The van der Waals surface area contributed by atoms with Crippen molar-refractivity contribution in [2.75, 3.05) is 11.1 Å². The lowest BCUT2D eigenvalue weighted by Crippen LogP contribution is -2.05. The number of hydrogen-bond donors (Lipinski definition) is 2. The standard InChI is InChI=1S/C10H11N5O3/c1-6-13-9(18-14-6)5-12-8-4-2-3-7(11)10(8)15(16)17/h2-4,12H,5,11H2,1H3. The summed E-state index contributed by atoms with van der Waals surface area (Å²) in [5.41, 5.74) is 5.82. The number of rotatable bonds is 4. The van der Waals surface area contributed by atoms with Gasteiger partial charge in [0.25, 0.3) is 0 Å². The van der Waals surface area contributed by atoms with E-state index in [4.69, 9.17) is 10.3 Å². The van der Waals surface area contributed by atoms with Crippen molar-refractivity contribution in [2.24, 2.45) is 0 Å². The van der Waals surface area contributed by atoms with Crippen LogP contribution in [0.4, 0.5) is 17.1 Å². The molecule has 1 heterocycles. The number of nitrogens with one attached hydrogen (secondary N) is 1. The van der Waals surface area contributed by atoms with Crippen LogP contribution in [0.25, 0.3) is 0 Å². The van der Waals surface area contributed by atoms with Gasteiger partial charge in [0.05, 0.1) is 11.5 Å². The average Bonchev–Trinajstić information content (AvgIpc) is 2.72. The molecule has 8 nitrogen and oxygen atoms in total. The third-order valence-electron chi connectivity index (χ3n) is 2.25. The zero-order chi connectivity index (χ0) is 13.1. The molecule has 0 fully saturated rings. The Balaban J connectivity index is 2.19. The second-order valence-electron chi connectivity index (χ2n) is 3.59. The molecule has 0 aliphatic carbocycles. The van der Waals surface area contributed by atoms with Gasteiger partial charge < -0.3 is 15.6 Å². The van der Waals surface area contributed by atoms with E-state index in [-0.39, 0.29) is 17.9 Å². The molecule has 3 N–H and O–H groups in total. The van der Waals surface area contributed by atoms with E-state index >= 15 is 0 Å². The highest BCUT2D eigenvalue weighted by molar-refractivity contribution is 5.74. The van der Waals surface area contributed by atoms with Crippen molar-refractivity contribution in [3.63, 3.8) is 0 Å². The topological polar surface area (TPSA) is 120 Å². The largest absolute Gasteiger partial charge is 0.393 e. The third kappa shape index (κ3) is 2.37. The molecule has 18 heavy (non-hydrogen) atoms. The summed E-state index contributed by atoms with van der Waals surface area (Å²) >= 11 is 0. The monoisotopic (exact) mass is 249 g/mol. The Hall–Kier alpha value is -2.64. The Morgan fingerprint density at radius 2 is 2.33 bits per heavy atom. The molecule has 0 spiro atoms. The fraction of sp³-hybridized carbons (Fsp3) is 0.200. The lowest BCUT2D eigenvalue weighted by Gasteiger charge is -2.05. The molecule has 0 amide bonds. The molecule has 1 aromatic carbocycles. The summed E-state index contributed by atoms with van der Waals surface area (Å²) in [4.78, 5) is 14.3. The van der Waals surface area contributed by atoms with Crippen LogP contribution in [0.1, 0.15) is 11.7 Å². The van der Waals surface area contributed by atoms with E-state index in [9.17, 15) is 10.1 Å². The van der Waals surface area contributed by atoms with Crippen LogP contribution in [-0.4, -0.2) is 15.1 Å².